The van der Waals surface area contributed by atoms with Gasteiger partial charge in [0, 0.05) is 48.4 Å². The topological polar surface area (TPSA) is 97.1 Å². The molecule has 0 radical (unpaired) electrons. The van der Waals surface area contributed by atoms with E-state index in [4.69, 9.17) is 0 Å². The number of pyridine rings is 1. The number of fused-ring (bicyclic) bond motifs is 1. The van der Waals surface area contributed by atoms with Gasteiger partial charge >= 0.3 is 0 Å². The molecule has 0 aliphatic heterocycles. The van der Waals surface area contributed by atoms with Gasteiger partial charge in [0.2, 0.25) is 5.91 Å². The Kier molecular flexibility index (Phi) is 5.65. The number of rotatable bonds is 7. The minimum Gasteiger partial charge on any atom is -0.369 e. The standard InChI is InChI=1S/C22H23N7O/c1-3-16-6-8-18(9-7-16)26-20(30)10-12-24-19-13-15(2)25-22-27-21(28-29(19)22)17-5-4-11-23-14-17/h4-9,11,13-14,24H,3,10,12H2,1-2H3,(H,26,30). The van der Waals surface area contributed by atoms with E-state index < -0.39 is 0 Å². The van der Waals surface area contributed by atoms with Crippen LogP contribution in [-0.2, 0) is 11.2 Å². The summed E-state index contributed by atoms with van der Waals surface area (Å²) in [5.41, 5.74) is 3.68. The molecule has 4 rings (SSSR count). The van der Waals surface area contributed by atoms with Gasteiger partial charge in [-0.05, 0) is 43.2 Å². The Labute approximate surface area is 174 Å². The highest BCUT2D eigenvalue weighted by Gasteiger charge is 2.12. The molecular formula is C22H23N7O. The molecule has 8 heteroatoms. The molecule has 30 heavy (non-hydrogen) atoms. The van der Waals surface area contributed by atoms with Crippen LogP contribution in [0.3, 0.4) is 0 Å². The van der Waals surface area contributed by atoms with Gasteiger partial charge < -0.3 is 10.6 Å². The van der Waals surface area contributed by atoms with Crippen molar-refractivity contribution in [2.24, 2.45) is 0 Å². The molecule has 0 unspecified atom stereocenters. The SMILES string of the molecule is CCc1ccc(NC(=O)CCNc2cc(C)nc3nc(-c4cccnc4)nn23)cc1. The van der Waals surface area contributed by atoms with E-state index in [1.54, 1.807) is 16.9 Å². The monoisotopic (exact) mass is 401 g/mol. The summed E-state index contributed by atoms with van der Waals surface area (Å²) in [4.78, 5) is 25.3. The van der Waals surface area contributed by atoms with E-state index in [1.807, 2.05) is 49.4 Å². The molecule has 0 saturated carbocycles. The number of anilines is 2. The number of benzene rings is 1. The zero-order valence-corrected chi connectivity index (χ0v) is 17.0. The third-order valence-electron chi connectivity index (χ3n) is 4.66. The van der Waals surface area contributed by atoms with Crippen LogP contribution < -0.4 is 10.6 Å². The zero-order chi connectivity index (χ0) is 20.9. The van der Waals surface area contributed by atoms with E-state index in [9.17, 15) is 4.79 Å². The molecule has 1 amide bonds. The Morgan fingerprint density at radius 3 is 2.70 bits per heavy atom. The van der Waals surface area contributed by atoms with Crippen molar-refractivity contribution in [1.29, 1.82) is 0 Å². The Hall–Kier alpha value is -3.81. The molecule has 0 atom stereocenters. The van der Waals surface area contributed by atoms with Crippen molar-refractivity contribution in [1.82, 2.24) is 24.6 Å². The quantitative estimate of drug-likeness (QED) is 0.492. The van der Waals surface area contributed by atoms with E-state index in [0.717, 1.165) is 29.2 Å². The van der Waals surface area contributed by atoms with Gasteiger partial charge in [0.15, 0.2) is 5.82 Å². The summed E-state index contributed by atoms with van der Waals surface area (Å²) < 4.78 is 1.65. The Morgan fingerprint density at radius 2 is 1.97 bits per heavy atom. The molecule has 8 nitrogen and oxygen atoms in total. The summed E-state index contributed by atoms with van der Waals surface area (Å²) >= 11 is 0. The minimum absolute atomic E-state index is 0.0524. The van der Waals surface area contributed by atoms with Gasteiger partial charge in [-0.2, -0.15) is 9.50 Å². The fourth-order valence-electron chi connectivity index (χ4n) is 3.08. The first kappa shape index (κ1) is 19.5. The molecule has 0 saturated heterocycles. The minimum atomic E-state index is -0.0524. The molecule has 2 N–H and O–H groups in total. The van der Waals surface area contributed by atoms with Gasteiger partial charge in [-0.15, -0.1) is 5.10 Å². The van der Waals surface area contributed by atoms with Gasteiger partial charge in [0.05, 0.1) is 0 Å². The molecule has 1 aromatic carbocycles. The van der Waals surface area contributed by atoms with E-state index >= 15 is 0 Å². The second-order valence-electron chi connectivity index (χ2n) is 6.95. The Balaban J connectivity index is 1.43. The van der Waals surface area contributed by atoms with Gasteiger partial charge in [-0.1, -0.05) is 19.1 Å². The molecule has 3 heterocycles. The molecule has 3 aromatic heterocycles. The number of nitrogens with zero attached hydrogens (tertiary/aromatic N) is 5. The number of nitrogens with one attached hydrogen (secondary N) is 2. The van der Waals surface area contributed by atoms with Crippen molar-refractivity contribution in [3.8, 4) is 11.4 Å². The van der Waals surface area contributed by atoms with Crippen LogP contribution in [0.2, 0.25) is 0 Å². The molecule has 4 aromatic rings. The van der Waals surface area contributed by atoms with Crippen LogP contribution in [0.5, 0.6) is 0 Å². The lowest BCUT2D eigenvalue weighted by Gasteiger charge is -2.09. The van der Waals surface area contributed by atoms with Crippen molar-refractivity contribution in [2.75, 3.05) is 17.2 Å². The van der Waals surface area contributed by atoms with E-state index in [2.05, 4.69) is 37.6 Å². The van der Waals surface area contributed by atoms with Crippen LogP contribution in [0.4, 0.5) is 11.5 Å². The molecule has 0 spiro atoms. The summed E-state index contributed by atoms with van der Waals surface area (Å²) in [5.74, 6) is 1.73. The molecule has 0 fully saturated rings. The van der Waals surface area contributed by atoms with Crippen LogP contribution >= 0.6 is 0 Å². The Bertz CT molecular complexity index is 1150. The summed E-state index contributed by atoms with van der Waals surface area (Å²) in [6, 6.07) is 13.5. The lowest BCUT2D eigenvalue weighted by Crippen LogP contribution is -2.17. The van der Waals surface area contributed by atoms with Gasteiger partial charge in [0.1, 0.15) is 5.82 Å². The van der Waals surface area contributed by atoms with Crippen molar-refractivity contribution in [3.63, 3.8) is 0 Å². The van der Waals surface area contributed by atoms with Gasteiger partial charge in [0.25, 0.3) is 5.78 Å². The third kappa shape index (κ3) is 4.43. The van der Waals surface area contributed by atoms with Crippen LogP contribution in [0.25, 0.3) is 17.2 Å². The lowest BCUT2D eigenvalue weighted by atomic mass is 10.1. The summed E-state index contributed by atoms with van der Waals surface area (Å²) in [6.45, 7) is 4.46. The average Bonchev–Trinajstić information content (AvgIpc) is 3.19. The van der Waals surface area contributed by atoms with Crippen LogP contribution in [0.15, 0.2) is 54.9 Å². The van der Waals surface area contributed by atoms with Crippen molar-refractivity contribution >= 4 is 23.2 Å². The molecule has 0 bridgehead atoms. The predicted octanol–water partition coefficient (Wildman–Crippen LogP) is 3.50. The maximum absolute atomic E-state index is 12.3. The van der Waals surface area contributed by atoms with Crippen molar-refractivity contribution in [2.45, 2.75) is 26.7 Å². The van der Waals surface area contributed by atoms with Gasteiger partial charge in [-0.3, -0.25) is 9.78 Å². The number of aryl methyl sites for hydroxylation is 2. The number of carbonyl (C=O) groups is 1. The second-order valence-corrected chi connectivity index (χ2v) is 6.95. The fourth-order valence-corrected chi connectivity index (χ4v) is 3.08. The highest BCUT2D eigenvalue weighted by Crippen LogP contribution is 2.18. The van der Waals surface area contributed by atoms with Crippen LogP contribution in [0.1, 0.15) is 24.6 Å². The largest absolute Gasteiger partial charge is 0.369 e. The number of hydrogen-bond acceptors (Lipinski definition) is 6. The first-order valence-corrected chi connectivity index (χ1v) is 9.90. The Morgan fingerprint density at radius 1 is 1.13 bits per heavy atom. The van der Waals surface area contributed by atoms with E-state index in [-0.39, 0.29) is 5.91 Å². The number of carbonyl (C=O) groups excluding carboxylic acids is 1. The van der Waals surface area contributed by atoms with Gasteiger partial charge in [-0.25, -0.2) is 4.98 Å². The van der Waals surface area contributed by atoms with Crippen molar-refractivity contribution in [3.05, 3.63) is 66.1 Å². The highest BCUT2D eigenvalue weighted by atomic mass is 16.1. The van der Waals surface area contributed by atoms with Crippen molar-refractivity contribution < 1.29 is 4.79 Å². The second kappa shape index (κ2) is 8.69. The first-order valence-electron chi connectivity index (χ1n) is 9.90. The zero-order valence-electron chi connectivity index (χ0n) is 17.0. The van der Waals surface area contributed by atoms with Crippen LogP contribution in [-0.4, -0.2) is 37.0 Å². The average molecular weight is 401 g/mol. The molecular weight excluding hydrogens is 378 g/mol. The number of amides is 1. The fraction of sp³-hybridized carbons (Fsp3) is 0.227. The summed E-state index contributed by atoms with van der Waals surface area (Å²) in [5, 5.41) is 10.7. The molecule has 152 valence electrons. The first-order chi connectivity index (χ1) is 14.6. The smallest absolute Gasteiger partial charge is 0.254 e. The van der Waals surface area contributed by atoms with E-state index in [1.165, 1.54) is 5.56 Å². The number of hydrogen-bond donors (Lipinski definition) is 2. The summed E-state index contributed by atoms with van der Waals surface area (Å²) in [7, 11) is 0. The molecule has 0 aliphatic rings. The summed E-state index contributed by atoms with van der Waals surface area (Å²) in [6.07, 6.45) is 4.72. The lowest BCUT2D eigenvalue weighted by molar-refractivity contribution is -0.115. The number of aromatic nitrogens is 5. The maximum Gasteiger partial charge on any atom is 0.254 e. The van der Waals surface area contributed by atoms with E-state index in [0.29, 0.717) is 24.6 Å². The molecule has 0 aliphatic carbocycles. The maximum atomic E-state index is 12.3. The highest BCUT2D eigenvalue weighted by molar-refractivity contribution is 5.91. The predicted molar refractivity (Wildman–Crippen MR) is 116 cm³/mol. The van der Waals surface area contributed by atoms with Crippen LogP contribution in [0, 0.1) is 6.92 Å². The third-order valence-corrected chi connectivity index (χ3v) is 4.66. The normalized spacial score (nSPS) is 10.9.